The molecule has 0 radical (unpaired) electrons. The summed E-state index contributed by atoms with van der Waals surface area (Å²) in [6.45, 7) is 2.37. The Hall–Kier alpha value is -3.29. The molecule has 2 aromatic carbocycles. The largest absolute Gasteiger partial charge is 0.493 e. The maximum atomic E-state index is 10.6. The summed E-state index contributed by atoms with van der Waals surface area (Å²) in [5.74, 6) is 1.61. The predicted molar refractivity (Wildman–Crippen MR) is 95.0 cm³/mol. The van der Waals surface area contributed by atoms with Gasteiger partial charge in [0.05, 0.1) is 37.7 Å². The van der Waals surface area contributed by atoms with Gasteiger partial charge in [0, 0.05) is 17.7 Å². The molecule has 0 aliphatic heterocycles. The van der Waals surface area contributed by atoms with E-state index in [0.29, 0.717) is 29.5 Å². The summed E-state index contributed by atoms with van der Waals surface area (Å²) < 4.78 is 16.2. The van der Waals surface area contributed by atoms with Gasteiger partial charge in [-0.3, -0.25) is 15.5 Å². The van der Waals surface area contributed by atoms with Crippen LogP contribution in [-0.4, -0.2) is 32.0 Å². The number of hydrogen-bond donors (Lipinski definition) is 1. The number of non-ortho nitro benzene ring substituents is 1. The minimum Gasteiger partial charge on any atom is -0.493 e. The number of rotatable bonds is 8. The van der Waals surface area contributed by atoms with Gasteiger partial charge in [0.25, 0.3) is 5.69 Å². The van der Waals surface area contributed by atoms with E-state index >= 15 is 0 Å². The Balaban J connectivity index is 2.15. The molecule has 25 heavy (non-hydrogen) atoms. The predicted octanol–water partition coefficient (Wildman–Crippen LogP) is 3.46. The summed E-state index contributed by atoms with van der Waals surface area (Å²) in [6, 6.07) is 9.51. The van der Waals surface area contributed by atoms with Crippen molar-refractivity contribution in [3.05, 3.63) is 52.1 Å². The van der Waals surface area contributed by atoms with Crippen LogP contribution in [-0.2, 0) is 0 Å². The molecule has 0 saturated carbocycles. The average Bonchev–Trinajstić information content (AvgIpc) is 2.63. The Morgan fingerprint density at radius 3 is 2.24 bits per heavy atom. The molecular weight excluding hydrogens is 326 g/mol. The van der Waals surface area contributed by atoms with Crippen molar-refractivity contribution in [3.63, 3.8) is 0 Å². The van der Waals surface area contributed by atoms with Gasteiger partial charge in [-0.2, -0.15) is 5.10 Å². The van der Waals surface area contributed by atoms with Gasteiger partial charge >= 0.3 is 0 Å². The quantitative estimate of drug-likeness (QED) is 0.447. The third kappa shape index (κ3) is 4.60. The molecule has 0 saturated heterocycles. The number of nitrogens with one attached hydrogen (secondary N) is 1. The van der Waals surface area contributed by atoms with Crippen molar-refractivity contribution in [2.24, 2.45) is 5.10 Å². The SMILES string of the molecule is CCOc1c(OC)cc(/C=N/Nc2ccc([N+](=O)[O-])cc2)cc1OC. The maximum absolute atomic E-state index is 10.6. The van der Waals surface area contributed by atoms with Gasteiger partial charge in [0.2, 0.25) is 5.75 Å². The number of anilines is 1. The molecule has 8 nitrogen and oxygen atoms in total. The van der Waals surface area contributed by atoms with Crippen molar-refractivity contribution in [2.45, 2.75) is 6.92 Å². The summed E-state index contributed by atoms with van der Waals surface area (Å²) in [7, 11) is 3.10. The van der Waals surface area contributed by atoms with E-state index in [1.165, 1.54) is 12.1 Å². The zero-order valence-corrected chi connectivity index (χ0v) is 14.2. The molecule has 0 aliphatic carbocycles. The van der Waals surface area contributed by atoms with Crippen molar-refractivity contribution < 1.29 is 19.1 Å². The maximum Gasteiger partial charge on any atom is 0.269 e. The summed E-state index contributed by atoms with van der Waals surface area (Å²) in [6.07, 6.45) is 1.59. The van der Waals surface area contributed by atoms with Gasteiger partial charge in [0.1, 0.15) is 0 Å². The molecule has 0 fully saturated rings. The fourth-order valence-electron chi connectivity index (χ4n) is 2.10. The van der Waals surface area contributed by atoms with Crippen LogP contribution in [0, 0.1) is 10.1 Å². The first-order valence-corrected chi connectivity index (χ1v) is 7.51. The number of nitro benzene ring substituents is 1. The number of benzene rings is 2. The highest BCUT2D eigenvalue weighted by atomic mass is 16.6. The van der Waals surface area contributed by atoms with Crippen LogP contribution in [0.1, 0.15) is 12.5 Å². The average molecular weight is 345 g/mol. The lowest BCUT2D eigenvalue weighted by Gasteiger charge is -2.14. The number of methoxy groups -OCH3 is 2. The Morgan fingerprint density at radius 1 is 1.16 bits per heavy atom. The molecule has 1 N–H and O–H groups in total. The standard InChI is InChI=1S/C17H19N3O5/c1-4-25-17-15(23-2)9-12(10-16(17)24-3)11-18-19-13-5-7-14(8-6-13)20(21)22/h5-11,19H,4H2,1-3H3/b18-11+. The van der Waals surface area contributed by atoms with E-state index in [1.807, 2.05) is 6.92 Å². The molecule has 0 heterocycles. The highest BCUT2D eigenvalue weighted by Crippen LogP contribution is 2.38. The first kappa shape index (κ1) is 18.1. The van der Waals surface area contributed by atoms with Crippen LogP contribution >= 0.6 is 0 Å². The molecule has 0 bridgehead atoms. The van der Waals surface area contributed by atoms with Gasteiger partial charge in [-0.05, 0) is 31.2 Å². The van der Waals surface area contributed by atoms with E-state index in [0.717, 1.165) is 5.56 Å². The second kappa shape index (κ2) is 8.53. The second-order valence-electron chi connectivity index (χ2n) is 4.86. The van der Waals surface area contributed by atoms with Crippen LogP contribution in [0.2, 0.25) is 0 Å². The lowest BCUT2D eigenvalue weighted by Crippen LogP contribution is -2.00. The monoisotopic (exact) mass is 345 g/mol. The zero-order chi connectivity index (χ0) is 18.2. The van der Waals surface area contributed by atoms with Gasteiger partial charge in [0.15, 0.2) is 11.5 Å². The fourth-order valence-corrected chi connectivity index (χ4v) is 2.10. The molecule has 2 rings (SSSR count). The number of hydrogen-bond acceptors (Lipinski definition) is 7. The van der Waals surface area contributed by atoms with Gasteiger partial charge in [-0.25, -0.2) is 0 Å². The molecule has 2 aromatic rings. The fraction of sp³-hybridized carbons (Fsp3) is 0.235. The van der Waals surface area contributed by atoms with E-state index in [-0.39, 0.29) is 5.69 Å². The second-order valence-corrected chi connectivity index (χ2v) is 4.86. The van der Waals surface area contributed by atoms with E-state index in [4.69, 9.17) is 14.2 Å². The Labute approximate surface area is 145 Å². The Kier molecular flexibility index (Phi) is 6.16. The summed E-state index contributed by atoms with van der Waals surface area (Å²) in [5, 5.41) is 14.7. The van der Waals surface area contributed by atoms with E-state index < -0.39 is 4.92 Å². The number of hydrazone groups is 1. The summed E-state index contributed by atoms with van der Waals surface area (Å²) in [5.41, 5.74) is 4.20. The van der Waals surface area contributed by atoms with E-state index in [2.05, 4.69) is 10.5 Å². The molecule has 0 spiro atoms. The molecule has 0 atom stereocenters. The number of nitrogens with zero attached hydrogens (tertiary/aromatic N) is 2. The minimum absolute atomic E-state index is 0.0236. The Morgan fingerprint density at radius 2 is 1.76 bits per heavy atom. The molecule has 8 heteroatoms. The smallest absolute Gasteiger partial charge is 0.269 e. The summed E-state index contributed by atoms with van der Waals surface area (Å²) in [4.78, 5) is 10.2. The van der Waals surface area contributed by atoms with Crippen LogP contribution in [0.4, 0.5) is 11.4 Å². The van der Waals surface area contributed by atoms with Crippen LogP contribution < -0.4 is 19.6 Å². The molecule has 0 unspecified atom stereocenters. The number of ether oxygens (including phenoxy) is 3. The van der Waals surface area contributed by atoms with E-state index in [1.54, 1.807) is 44.7 Å². The topological polar surface area (TPSA) is 95.2 Å². The van der Waals surface area contributed by atoms with Gasteiger partial charge in [-0.1, -0.05) is 0 Å². The highest BCUT2D eigenvalue weighted by molar-refractivity contribution is 5.83. The normalized spacial score (nSPS) is 10.5. The first-order valence-electron chi connectivity index (χ1n) is 7.51. The van der Waals surface area contributed by atoms with Crippen molar-refractivity contribution in [1.82, 2.24) is 0 Å². The molecular formula is C17H19N3O5. The van der Waals surface area contributed by atoms with E-state index in [9.17, 15) is 10.1 Å². The first-order chi connectivity index (χ1) is 12.1. The zero-order valence-electron chi connectivity index (χ0n) is 14.2. The van der Waals surface area contributed by atoms with Gasteiger partial charge in [-0.15, -0.1) is 0 Å². The molecule has 132 valence electrons. The third-order valence-electron chi connectivity index (χ3n) is 3.26. The van der Waals surface area contributed by atoms with Crippen LogP contribution in [0.25, 0.3) is 0 Å². The van der Waals surface area contributed by atoms with Crippen molar-refractivity contribution >= 4 is 17.6 Å². The van der Waals surface area contributed by atoms with Crippen LogP contribution in [0.15, 0.2) is 41.5 Å². The molecule has 0 aromatic heterocycles. The van der Waals surface area contributed by atoms with Crippen LogP contribution in [0.3, 0.4) is 0 Å². The summed E-state index contributed by atoms with van der Waals surface area (Å²) >= 11 is 0. The molecule has 0 aliphatic rings. The number of nitro groups is 1. The van der Waals surface area contributed by atoms with Crippen LogP contribution in [0.5, 0.6) is 17.2 Å². The lowest BCUT2D eigenvalue weighted by atomic mass is 10.2. The highest BCUT2D eigenvalue weighted by Gasteiger charge is 2.13. The third-order valence-corrected chi connectivity index (χ3v) is 3.26. The molecule has 0 amide bonds. The lowest BCUT2D eigenvalue weighted by molar-refractivity contribution is -0.384. The van der Waals surface area contributed by atoms with Crippen molar-refractivity contribution in [1.29, 1.82) is 0 Å². The Bertz CT molecular complexity index is 734. The minimum atomic E-state index is -0.453. The van der Waals surface area contributed by atoms with Crippen molar-refractivity contribution in [2.75, 3.05) is 26.3 Å². The van der Waals surface area contributed by atoms with Crippen molar-refractivity contribution in [3.8, 4) is 17.2 Å². The van der Waals surface area contributed by atoms with Gasteiger partial charge < -0.3 is 14.2 Å².